The molecule has 1 aromatic heterocycles. The second-order valence-electron chi connectivity index (χ2n) is 5.31. The molecule has 1 heterocycles. The molecule has 0 fully saturated rings. The molecule has 23 heavy (non-hydrogen) atoms. The maximum atomic E-state index is 14.2. The Morgan fingerprint density at radius 3 is 2.74 bits per heavy atom. The van der Waals surface area contributed by atoms with Crippen LogP contribution < -0.4 is 11.1 Å². The third-order valence-corrected chi connectivity index (χ3v) is 3.01. The lowest BCUT2D eigenvalue weighted by atomic mass is 10.2. The number of nitrogens with one attached hydrogen (secondary N) is 1. The minimum absolute atomic E-state index is 0.00530. The molecular weight excluding hydrogens is 301 g/mol. The molecule has 2 aromatic rings. The number of imidazole rings is 1. The van der Waals surface area contributed by atoms with Gasteiger partial charge in [-0.2, -0.15) is 0 Å². The van der Waals surface area contributed by atoms with Gasteiger partial charge in [0, 0.05) is 24.1 Å². The molecule has 0 radical (unpaired) electrons. The summed E-state index contributed by atoms with van der Waals surface area (Å²) < 4.78 is 15.9. The maximum Gasteiger partial charge on any atom is 0.233 e. The average molecular weight is 319 g/mol. The Morgan fingerprint density at radius 2 is 2.13 bits per heavy atom. The van der Waals surface area contributed by atoms with Crippen LogP contribution in [-0.2, 0) is 16.1 Å². The topological polar surface area (TPSA) is 93.2 Å². The predicted octanol–water partition coefficient (Wildman–Crippen LogP) is 0.887. The van der Waals surface area contributed by atoms with Gasteiger partial charge in [0.15, 0.2) is 0 Å². The molecule has 0 aliphatic rings. The number of hydrogen-bond donors (Lipinski definition) is 2. The number of hydrogen-bond acceptors (Lipinski definition) is 4. The molecule has 0 bridgehead atoms. The van der Waals surface area contributed by atoms with Gasteiger partial charge in [0.2, 0.25) is 11.8 Å². The second kappa shape index (κ2) is 7.01. The van der Waals surface area contributed by atoms with E-state index < -0.39 is 24.1 Å². The Hall–Kier alpha value is -2.74. The number of aromatic nitrogens is 2. The first-order valence-electron chi connectivity index (χ1n) is 6.92. The fourth-order valence-electron chi connectivity index (χ4n) is 2.08. The van der Waals surface area contributed by atoms with Crippen LogP contribution in [0.2, 0.25) is 0 Å². The lowest BCUT2D eigenvalue weighted by Gasteiger charge is -2.13. The zero-order valence-corrected chi connectivity index (χ0v) is 12.9. The molecule has 0 spiro atoms. The van der Waals surface area contributed by atoms with Crippen LogP contribution in [0.3, 0.4) is 0 Å². The van der Waals surface area contributed by atoms with Crippen LogP contribution in [0.4, 0.5) is 10.1 Å². The molecular formula is C15H18FN5O2. The number of carbonyl (C=O) groups excluding carboxylic acids is 2. The number of nitrogens with zero attached hydrogens (tertiary/aromatic N) is 3. The second-order valence-corrected chi connectivity index (χ2v) is 5.31. The first-order chi connectivity index (χ1) is 10.9. The van der Waals surface area contributed by atoms with Crippen LogP contribution in [0.25, 0.3) is 5.69 Å². The van der Waals surface area contributed by atoms with Gasteiger partial charge in [-0.3, -0.25) is 9.59 Å². The minimum Gasteiger partial charge on any atom is -0.369 e. The molecule has 7 nitrogen and oxygen atoms in total. The normalized spacial score (nSPS) is 10.8. The zero-order valence-electron chi connectivity index (χ0n) is 12.9. The minimum atomic E-state index is -0.772. The SMILES string of the molecule is CN(C)Cc1nccn1-c1ccc(NC(=O)CC(N)=O)c(F)c1. The van der Waals surface area contributed by atoms with Crippen LogP contribution in [0.1, 0.15) is 12.2 Å². The summed E-state index contributed by atoms with van der Waals surface area (Å²) >= 11 is 0. The van der Waals surface area contributed by atoms with Crippen LogP contribution in [0.15, 0.2) is 30.6 Å². The fraction of sp³-hybridized carbons (Fsp3) is 0.267. The van der Waals surface area contributed by atoms with Crippen molar-refractivity contribution in [1.29, 1.82) is 0 Å². The van der Waals surface area contributed by atoms with Crippen LogP contribution in [0, 0.1) is 5.82 Å². The van der Waals surface area contributed by atoms with E-state index in [4.69, 9.17) is 5.73 Å². The molecule has 122 valence electrons. The van der Waals surface area contributed by atoms with E-state index in [1.54, 1.807) is 23.0 Å². The standard InChI is InChI=1S/C15H18FN5O2/c1-20(2)9-14-18-5-6-21(14)10-3-4-12(11(16)7-10)19-15(23)8-13(17)22/h3-7H,8-9H2,1-2H3,(H2,17,22)(H,19,23). The monoisotopic (exact) mass is 319 g/mol. The van der Waals surface area contributed by atoms with Crippen molar-refractivity contribution in [3.63, 3.8) is 0 Å². The summed E-state index contributed by atoms with van der Waals surface area (Å²) in [6.07, 6.45) is 2.88. The van der Waals surface area contributed by atoms with Crippen molar-refractivity contribution in [3.05, 3.63) is 42.2 Å². The molecule has 0 aliphatic carbocycles. The number of rotatable bonds is 6. The van der Waals surface area contributed by atoms with Gasteiger partial charge in [0.1, 0.15) is 18.1 Å². The summed E-state index contributed by atoms with van der Waals surface area (Å²) in [6.45, 7) is 0.603. The van der Waals surface area contributed by atoms with Gasteiger partial charge in [0.25, 0.3) is 0 Å². The van der Waals surface area contributed by atoms with E-state index in [0.29, 0.717) is 12.2 Å². The summed E-state index contributed by atoms with van der Waals surface area (Å²) in [7, 11) is 3.83. The molecule has 2 rings (SSSR count). The van der Waals surface area contributed by atoms with Crippen LogP contribution in [0.5, 0.6) is 0 Å². The first-order valence-corrected chi connectivity index (χ1v) is 6.92. The lowest BCUT2D eigenvalue weighted by Crippen LogP contribution is -2.22. The van der Waals surface area contributed by atoms with Gasteiger partial charge >= 0.3 is 0 Å². The molecule has 3 N–H and O–H groups in total. The van der Waals surface area contributed by atoms with Gasteiger partial charge in [-0.25, -0.2) is 9.37 Å². The molecule has 0 saturated heterocycles. The van der Waals surface area contributed by atoms with Crippen molar-refractivity contribution in [2.24, 2.45) is 5.73 Å². The number of carbonyl (C=O) groups is 2. The quantitative estimate of drug-likeness (QED) is 0.773. The summed E-state index contributed by atoms with van der Waals surface area (Å²) in [5.74, 6) is -1.27. The van der Waals surface area contributed by atoms with Crippen LogP contribution in [-0.4, -0.2) is 40.4 Å². The summed E-state index contributed by atoms with van der Waals surface area (Å²) in [5.41, 5.74) is 5.50. The van der Waals surface area contributed by atoms with E-state index >= 15 is 0 Å². The van der Waals surface area contributed by atoms with Crippen molar-refractivity contribution in [3.8, 4) is 5.69 Å². The first kappa shape index (κ1) is 16.6. The molecule has 1 aromatic carbocycles. The van der Waals surface area contributed by atoms with Gasteiger partial charge < -0.3 is 20.5 Å². The highest BCUT2D eigenvalue weighted by atomic mass is 19.1. The van der Waals surface area contributed by atoms with Gasteiger partial charge in [-0.15, -0.1) is 0 Å². The molecule has 2 amide bonds. The van der Waals surface area contributed by atoms with Crippen molar-refractivity contribution in [2.75, 3.05) is 19.4 Å². The van der Waals surface area contributed by atoms with Gasteiger partial charge in [0.05, 0.1) is 12.2 Å². The molecule has 0 aliphatic heterocycles. The number of nitrogens with two attached hydrogens (primary N) is 1. The smallest absolute Gasteiger partial charge is 0.233 e. The van der Waals surface area contributed by atoms with E-state index in [0.717, 1.165) is 5.82 Å². The van der Waals surface area contributed by atoms with E-state index in [1.165, 1.54) is 12.1 Å². The number of benzene rings is 1. The van der Waals surface area contributed by atoms with E-state index in [2.05, 4.69) is 10.3 Å². The van der Waals surface area contributed by atoms with Crippen molar-refractivity contribution in [2.45, 2.75) is 13.0 Å². The lowest BCUT2D eigenvalue weighted by molar-refractivity contribution is -0.124. The van der Waals surface area contributed by atoms with E-state index in [1.807, 2.05) is 19.0 Å². The third kappa shape index (κ3) is 4.36. The molecule has 8 heteroatoms. The Kier molecular flexibility index (Phi) is 5.07. The van der Waals surface area contributed by atoms with Crippen molar-refractivity contribution < 1.29 is 14.0 Å². The Bertz CT molecular complexity index is 726. The number of amides is 2. The van der Waals surface area contributed by atoms with E-state index in [9.17, 15) is 14.0 Å². The molecule has 0 atom stereocenters. The number of primary amides is 1. The summed E-state index contributed by atoms with van der Waals surface area (Å²) in [6, 6.07) is 4.38. The Labute approximate surface area is 132 Å². The third-order valence-electron chi connectivity index (χ3n) is 3.01. The predicted molar refractivity (Wildman–Crippen MR) is 83.4 cm³/mol. The van der Waals surface area contributed by atoms with Crippen LogP contribution >= 0.6 is 0 Å². The zero-order chi connectivity index (χ0) is 17.0. The Morgan fingerprint density at radius 1 is 1.39 bits per heavy atom. The Balaban J connectivity index is 2.21. The summed E-state index contributed by atoms with van der Waals surface area (Å²) in [5, 5.41) is 2.31. The highest BCUT2D eigenvalue weighted by Gasteiger charge is 2.12. The molecule has 0 saturated carbocycles. The van der Waals surface area contributed by atoms with Crippen molar-refractivity contribution >= 4 is 17.5 Å². The van der Waals surface area contributed by atoms with Gasteiger partial charge in [-0.05, 0) is 26.2 Å². The largest absolute Gasteiger partial charge is 0.369 e. The van der Waals surface area contributed by atoms with Gasteiger partial charge in [-0.1, -0.05) is 0 Å². The number of anilines is 1. The average Bonchev–Trinajstić information content (AvgIpc) is 2.87. The summed E-state index contributed by atoms with van der Waals surface area (Å²) in [4.78, 5) is 28.3. The van der Waals surface area contributed by atoms with Crippen molar-refractivity contribution in [1.82, 2.24) is 14.5 Å². The maximum absolute atomic E-state index is 14.2. The fourth-order valence-corrected chi connectivity index (χ4v) is 2.08. The number of halogens is 1. The highest BCUT2D eigenvalue weighted by molar-refractivity contribution is 6.03. The van der Waals surface area contributed by atoms with E-state index in [-0.39, 0.29) is 5.69 Å². The molecule has 0 unspecified atom stereocenters. The highest BCUT2D eigenvalue weighted by Crippen LogP contribution is 2.20.